The summed E-state index contributed by atoms with van der Waals surface area (Å²) in [5, 5.41) is 0.527. The Hall–Kier alpha value is -3.58. The molecule has 0 radical (unpaired) electrons. The van der Waals surface area contributed by atoms with Gasteiger partial charge in [0.2, 0.25) is 0 Å². The average Bonchev–Trinajstić information content (AvgIpc) is 3.22. The maximum atomic E-state index is 13.5. The van der Waals surface area contributed by atoms with Crippen LogP contribution in [-0.4, -0.2) is 27.4 Å². The molecule has 2 aromatic carbocycles. The summed E-state index contributed by atoms with van der Waals surface area (Å²) in [6.07, 6.45) is -0.387. The fourth-order valence-electron chi connectivity index (χ4n) is 4.94. The first-order valence-corrected chi connectivity index (χ1v) is 11.5. The molecule has 0 aliphatic carbocycles. The van der Waals surface area contributed by atoms with Gasteiger partial charge in [0.05, 0.1) is 36.0 Å². The zero-order valence-corrected chi connectivity index (χ0v) is 20.2. The van der Waals surface area contributed by atoms with Crippen molar-refractivity contribution < 1.29 is 9.47 Å². The lowest BCUT2D eigenvalue weighted by atomic mass is 9.98. The first-order chi connectivity index (χ1) is 16.3. The molecule has 0 N–H and O–H groups in total. The van der Waals surface area contributed by atoms with Gasteiger partial charge < -0.3 is 14.0 Å². The number of ether oxygens (including phenoxy) is 2. The molecule has 1 atom stereocenters. The molecule has 1 aliphatic rings. The number of aromatic nitrogens is 3. The lowest BCUT2D eigenvalue weighted by Crippen LogP contribution is -2.37. The molecule has 3 heterocycles. The zero-order chi connectivity index (χ0) is 24.1. The van der Waals surface area contributed by atoms with Crippen LogP contribution in [0.4, 0.5) is 0 Å². The van der Waals surface area contributed by atoms with Gasteiger partial charge in [0.15, 0.2) is 0 Å². The van der Waals surface area contributed by atoms with Gasteiger partial charge in [-0.3, -0.25) is 13.9 Å². The fraction of sp³-hybridized carbons (Fsp3) is 0.333. The predicted molar refractivity (Wildman–Crippen MR) is 133 cm³/mol. The molecular formula is C27H29N3O4. The van der Waals surface area contributed by atoms with E-state index in [1.54, 1.807) is 18.7 Å². The van der Waals surface area contributed by atoms with Crippen LogP contribution in [0.1, 0.15) is 42.7 Å². The molecule has 7 heteroatoms. The highest BCUT2D eigenvalue weighted by molar-refractivity contribution is 5.96. The summed E-state index contributed by atoms with van der Waals surface area (Å²) in [5.74, 6) is 1.17. The van der Waals surface area contributed by atoms with Gasteiger partial charge in [-0.1, -0.05) is 38.1 Å². The molecular weight excluding hydrogens is 430 g/mol. The monoisotopic (exact) mass is 459 g/mol. The van der Waals surface area contributed by atoms with E-state index in [1.807, 2.05) is 24.3 Å². The van der Waals surface area contributed by atoms with Gasteiger partial charge in [-0.25, -0.2) is 4.79 Å². The Morgan fingerprint density at radius 3 is 2.26 bits per heavy atom. The van der Waals surface area contributed by atoms with E-state index in [-0.39, 0.29) is 17.4 Å². The van der Waals surface area contributed by atoms with Crippen molar-refractivity contribution in [1.82, 2.24) is 13.7 Å². The second-order valence-corrected chi connectivity index (χ2v) is 9.12. The maximum absolute atomic E-state index is 13.5. The van der Waals surface area contributed by atoms with Crippen LogP contribution in [0.25, 0.3) is 22.2 Å². The molecule has 0 saturated heterocycles. The van der Waals surface area contributed by atoms with Crippen molar-refractivity contribution in [2.45, 2.75) is 32.4 Å². The molecule has 2 aromatic heterocycles. The van der Waals surface area contributed by atoms with E-state index in [1.165, 1.54) is 17.2 Å². The molecule has 0 bridgehead atoms. The summed E-state index contributed by atoms with van der Waals surface area (Å²) < 4.78 is 16.5. The van der Waals surface area contributed by atoms with Gasteiger partial charge in [0.1, 0.15) is 11.9 Å². The number of hydrogen-bond donors (Lipinski definition) is 0. The number of methoxy groups -OCH3 is 1. The van der Waals surface area contributed by atoms with Crippen LogP contribution in [0.2, 0.25) is 0 Å². The summed E-state index contributed by atoms with van der Waals surface area (Å²) in [5.41, 5.74) is 4.74. The second-order valence-electron chi connectivity index (χ2n) is 9.12. The maximum Gasteiger partial charge on any atom is 0.331 e. The van der Waals surface area contributed by atoms with E-state index < -0.39 is 0 Å². The number of fused-ring (bicyclic) bond motifs is 3. The van der Waals surface area contributed by atoms with Gasteiger partial charge in [-0.05, 0) is 46.9 Å². The molecule has 0 saturated carbocycles. The van der Waals surface area contributed by atoms with Crippen molar-refractivity contribution in [1.29, 1.82) is 0 Å². The van der Waals surface area contributed by atoms with Gasteiger partial charge in [-0.15, -0.1) is 0 Å². The highest BCUT2D eigenvalue weighted by Crippen LogP contribution is 2.41. The molecule has 1 aliphatic heterocycles. The van der Waals surface area contributed by atoms with Crippen molar-refractivity contribution >= 4 is 10.9 Å². The summed E-state index contributed by atoms with van der Waals surface area (Å²) in [6, 6.07) is 16.1. The van der Waals surface area contributed by atoms with Gasteiger partial charge in [0, 0.05) is 20.6 Å². The lowest BCUT2D eigenvalue weighted by molar-refractivity contribution is 0.0478. The summed E-state index contributed by atoms with van der Waals surface area (Å²) in [7, 11) is 4.87. The summed E-state index contributed by atoms with van der Waals surface area (Å²) >= 11 is 0. The third kappa shape index (κ3) is 3.30. The van der Waals surface area contributed by atoms with Gasteiger partial charge >= 0.3 is 5.69 Å². The Bertz CT molecular complexity index is 1490. The van der Waals surface area contributed by atoms with E-state index >= 15 is 0 Å². The van der Waals surface area contributed by atoms with E-state index in [0.717, 1.165) is 28.3 Å². The van der Waals surface area contributed by atoms with Crippen LogP contribution in [0, 0.1) is 0 Å². The normalized spacial score (nSPS) is 15.6. The smallest absolute Gasteiger partial charge is 0.331 e. The van der Waals surface area contributed by atoms with Crippen LogP contribution in [0.3, 0.4) is 0 Å². The first-order valence-electron chi connectivity index (χ1n) is 11.5. The number of benzene rings is 2. The minimum Gasteiger partial charge on any atom is -0.497 e. The predicted octanol–water partition coefficient (Wildman–Crippen LogP) is 3.96. The van der Waals surface area contributed by atoms with E-state index in [0.29, 0.717) is 30.0 Å². The highest BCUT2D eigenvalue weighted by Gasteiger charge is 2.33. The molecule has 5 rings (SSSR count). The van der Waals surface area contributed by atoms with Gasteiger partial charge in [-0.2, -0.15) is 0 Å². The minimum atomic E-state index is -0.387. The van der Waals surface area contributed by atoms with Crippen molar-refractivity contribution in [2.75, 3.05) is 13.7 Å². The Labute approximate surface area is 197 Å². The molecule has 176 valence electrons. The molecule has 0 fully saturated rings. The van der Waals surface area contributed by atoms with Crippen LogP contribution in [0.15, 0.2) is 58.1 Å². The summed E-state index contributed by atoms with van der Waals surface area (Å²) in [6.45, 7) is 5.42. The molecule has 7 nitrogen and oxygen atoms in total. The second kappa shape index (κ2) is 8.33. The Balaban J connectivity index is 1.84. The quantitative estimate of drug-likeness (QED) is 0.463. The first kappa shape index (κ1) is 22.2. The Morgan fingerprint density at radius 1 is 0.971 bits per heavy atom. The zero-order valence-electron chi connectivity index (χ0n) is 20.2. The van der Waals surface area contributed by atoms with E-state index in [4.69, 9.17) is 9.47 Å². The van der Waals surface area contributed by atoms with Crippen LogP contribution >= 0.6 is 0 Å². The topological polar surface area (TPSA) is 67.4 Å². The van der Waals surface area contributed by atoms with E-state index in [9.17, 15) is 9.59 Å². The molecule has 0 unspecified atom stereocenters. The van der Waals surface area contributed by atoms with Crippen LogP contribution in [0.5, 0.6) is 5.75 Å². The molecule has 34 heavy (non-hydrogen) atoms. The Morgan fingerprint density at radius 2 is 1.65 bits per heavy atom. The van der Waals surface area contributed by atoms with Crippen molar-refractivity contribution in [3.05, 3.63) is 86.2 Å². The lowest BCUT2D eigenvalue weighted by Gasteiger charge is -2.28. The van der Waals surface area contributed by atoms with Gasteiger partial charge in [0.25, 0.3) is 5.56 Å². The SMILES string of the molecule is COc1ccc(-c2c3c(=O)n(C)c(=O)n(C)c3c3n2CCO[C@@H]3c2ccc(C(C)C)cc2)cc1. The van der Waals surface area contributed by atoms with Crippen LogP contribution < -0.4 is 16.0 Å². The summed E-state index contributed by atoms with van der Waals surface area (Å²) in [4.78, 5) is 26.4. The van der Waals surface area contributed by atoms with Crippen LogP contribution in [-0.2, 0) is 25.4 Å². The van der Waals surface area contributed by atoms with Crippen molar-refractivity contribution in [3.63, 3.8) is 0 Å². The average molecular weight is 460 g/mol. The number of hydrogen-bond acceptors (Lipinski definition) is 4. The Kier molecular flexibility index (Phi) is 5.44. The van der Waals surface area contributed by atoms with Crippen molar-refractivity contribution in [3.8, 4) is 17.0 Å². The molecule has 0 amide bonds. The number of aryl methyl sites for hydroxylation is 1. The van der Waals surface area contributed by atoms with Crippen molar-refractivity contribution in [2.24, 2.45) is 14.1 Å². The minimum absolute atomic E-state index is 0.306. The number of nitrogens with zero attached hydrogens (tertiary/aromatic N) is 3. The third-order valence-corrected chi connectivity index (χ3v) is 6.82. The fourth-order valence-corrected chi connectivity index (χ4v) is 4.94. The number of rotatable bonds is 4. The molecule has 0 spiro atoms. The standard InChI is InChI=1S/C27H29N3O4/c1-16(2)17-6-8-19(9-7-17)25-24-23-21(26(31)29(4)27(32)28(23)3)22(30(24)14-15-34-25)18-10-12-20(33-5)13-11-18/h6-13,16,25H,14-15H2,1-5H3/t25-/m1/s1. The largest absolute Gasteiger partial charge is 0.497 e. The third-order valence-electron chi connectivity index (χ3n) is 6.82. The van der Waals surface area contributed by atoms with E-state index in [2.05, 4.69) is 42.7 Å². The molecule has 4 aromatic rings. The highest BCUT2D eigenvalue weighted by atomic mass is 16.5.